The first-order valence-corrected chi connectivity index (χ1v) is 11.6. The van der Waals surface area contributed by atoms with E-state index in [9.17, 15) is 9.18 Å². The Morgan fingerprint density at radius 1 is 1.06 bits per heavy atom. The fourth-order valence-corrected chi connectivity index (χ4v) is 4.64. The number of anilines is 1. The maximum Gasteiger partial charge on any atom is 0.226 e. The summed E-state index contributed by atoms with van der Waals surface area (Å²) in [4.78, 5) is 23.5. The van der Waals surface area contributed by atoms with E-state index in [1.165, 1.54) is 24.3 Å². The Balaban J connectivity index is 1.42. The number of halogens is 1. The van der Waals surface area contributed by atoms with Crippen LogP contribution < -0.4 is 10.6 Å². The summed E-state index contributed by atoms with van der Waals surface area (Å²) < 4.78 is 15.3. The van der Waals surface area contributed by atoms with Crippen LogP contribution in [-0.4, -0.2) is 37.0 Å². The Kier molecular flexibility index (Phi) is 6.49. The SMILES string of the molecule is O=C(CCN1C(=S)N[C@@H](c2ccccn2)[C@@H]1c1cccn1-c1cccnc1)Nc1ccc(F)cc1. The summed E-state index contributed by atoms with van der Waals surface area (Å²) in [7, 11) is 0. The molecule has 35 heavy (non-hydrogen) atoms. The largest absolute Gasteiger partial charge is 0.352 e. The normalized spacial score (nSPS) is 17.3. The Labute approximate surface area is 207 Å². The van der Waals surface area contributed by atoms with E-state index in [1.807, 2.05) is 47.5 Å². The van der Waals surface area contributed by atoms with Crippen molar-refractivity contribution in [2.45, 2.75) is 18.5 Å². The van der Waals surface area contributed by atoms with E-state index in [0.29, 0.717) is 17.3 Å². The minimum absolute atomic E-state index is 0.179. The van der Waals surface area contributed by atoms with E-state index in [-0.39, 0.29) is 30.2 Å². The quantitative estimate of drug-likeness (QED) is 0.377. The molecule has 2 atom stereocenters. The standard InChI is InChI=1S/C26H23FN6OS/c27-18-8-10-19(11-9-18)30-23(34)12-16-33-25(24(31-26(33)35)21-6-1-2-14-29-21)22-7-4-15-32(22)20-5-3-13-28-17-20/h1-11,13-15,17,24-25H,12,16H2,(H,30,34)(H,31,35)/t24-,25-/m0/s1. The van der Waals surface area contributed by atoms with Crippen molar-refractivity contribution in [2.24, 2.45) is 0 Å². The summed E-state index contributed by atoms with van der Waals surface area (Å²) in [5, 5.41) is 6.78. The molecule has 4 heterocycles. The number of carbonyl (C=O) groups excluding carboxylic acids is 1. The summed E-state index contributed by atoms with van der Waals surface area (Å²) in [6, 6.07) is 19.0. The van der Waals surface area contributed by atoms with Gasteiger partial charge in [0.05, 0.1) is 29.7 Å². The third-order valence-corrected chi connectivity index (χ3v) is 6.27. The zero-order chi connectivity index (χ0) is 24.2. The third kappa shape index (κ3) is 4.90. The van der Waals surface area contributed by atoms with Gasteiger partial charge in [-0.05, 0) is 72.9 Å². The second-order valence-corrected chi connectivity index (χ2v) is 8.53. The molecule has 5 rings (SSSR count). The highest BCUT2D eigenvalue weighted by Crippen LogP contribution is 2.39. The van der Waals surface area contributed by atoms with E-state index < -0.39 is 0 Å². The molecule has 9 heteroatoms. The monoisotopic (exact) mass is 486 g/mol. The predicted octanol–water partition coefficient (Wildman–Crippen LogP) is 4.41. The van der Waals surface area contributed by atoms with Gasteiger partial charge in [0.25, 0.3) is 0 Å². The van der Waals surface area contributed by atoms with Crippen LogP contribution in [-0.2, 0) is 4.79 Å². The van der Waals surface area contributed by atoms with Crippen molar-refractivity contribution in [3.8, 4) is 5.69 Å². The molecular weight excluding hydrogens is 463 g/mol. The van der Waals surface area contributed by atoms with Crippen LogP contribution in [0, 0.1) is 5.82 Å². The predicted molar refractivity (Wildman–Crippen MR) is 135 cm³/mol. The van der Waals surface area contributed by atoms with Gasteiger partial charge in [-0.1, -0.05) is 6.07 Å². The highest BCUT2D eigenvalue weighted by Gasteiger charge is 2.41. The lowest BCUT2D eigenvalue weighted by Gasteiger charge is -2.28. The molecule has 1 saturated heterocycles. The zero-order valence-electron chi connectivity index (χ0n) is 18.7. The molecule has 0 unspecified atom stereocenters. The van der Waals surface area contributed by atoms with Crippen molar-refractivity contribution < 1.29 is 9.18 Å². The van der Waals surface area contributed by atoms with Gasteiger partial charge in [-0.15, -0.1) is 0 Å². The molecule has 1 aromatic carbocycles. The molecule has 0 radical (unpaired) electrons. The average molecular weight is 487 g/mol. The summed E-state index contributed by atoms with van der Waals surface area (Å²) in [6.07, 6.45) is 7.50. The van der Waals surface area contributed by atoms with Crippen LogP contribution in [0.2, 0.25) is 0 Å². The van der Waals surface area contributed by atoms with Crippen LogP contribution in [0.25, 0.3) is 5.69 Å². The minimum Gasteiger partial charge on any atom is -0.352 e. The molecule has 7 nitrogen and oxygen atoms in total. The molecule has 0 saturated carbocycles. The number of nitrogens with one attached hydrogen (secondary N) is 2. The fourth-order valence-electron chi connectivity index (χ4n) is 4.31. The number of hydrogen-bond donors (Lipinski definition) is 2. The summed E-state index contributed by atoms with van der Waals surface area (Å²) >= 11 is 5.72. The first kappa shape index (κ1) is 22.7. The number of aromatic nitrogens is 3. The van der Waals surface area contributed by atoms with Crippen LogP contribution in [0.15, 0.2) is 91.5 Å². The Hall–Kier alpha value is -4.11. The molecular formula is C26H23FN6OS. The molecule has 2 N–H and O–H groups in total. The van der Waals surface area contributed by atoms with Crippen LogP contribution in [0.1, 0.15) is 29.9 Å². The van der Waals surface area contributed by atoms with Crippen molar-refractivity contribution in [1.29, 1.82) is 0 Å². The molecule has 0 bridgehead atoms. The fraction of sp³-hybridized carbons (Fsp3) is 0.154. The average Bonchev–Trinajstić information content (AvgIpc) is 3.49. The Morgan fingerprint density at radius 2 is 1.91 bits per heavy atom. The van der Waals surface area contributed by atoms with E-state index in [2.05, 4.69) is 31.2 Å². The van der Waals surface area contributed by atoms with Gasteiger partial charge >= 0.3 is 0 Å². The molecule has 4 aromatic rings. The number of rotatable bonds is 7. The van der Waals surface area contributed by atoms with Gasteiger partial charge in [0.2, 0.25) is 5.91 Å². The number of benzene rings is 1. The number of pyridine rings is 2. The van der Waals surface area contributed by atoms with Gasteiger partial charge in [-0.3, -0.25) is 14.8 Å². The van der Waals surface area contributed by atoms with Crippen LogP contribution >= 0.6 is 12.2 Å². The second-order valence-electron chi connectivity index (χ2n) is 8.14. The lowest BCUT2D eigenvalue weighted by atomic mass is 10.0. The molecule has 0 spiro atoms. The Bertz CT molecular complexity index is 1310. The number of carbonyl (C=O) groups is 1. The molecule has 3 aromatic heterocycles. The van der Waals surface area contributed by atoms with Crippen LogP contribution in [0.4, 0.5) is 10.1 Å². The Morgan fingerprint density at radius 3 is 2.66 bits per heavy atom. The highest BCUT2D eigenvalue weighted by atomic mass is 32.1. The van der Waals surface area contributed by atoms with Gasteiger partial charge < -0.3 is 20.1 Å². The van der Waals surface area contributed by atoms with Crippen LogP contribution in [0.5, 0.6) is 0 Å². The first-order chi connectivity index (χ1) is 17.1. The second kappa shape index (κ2) is 10.0. The van der Waals surface area contributed by atoms with E-state index >= 15 is 0 Å². The molecule has 176 valence electrons. The first-order valence-electron chi connectivity index (χ1n) is 11.2. The lowest BCUT2D eigenvalue weighted by molar-refractivity contribution is -0.116. The summed E-state index contributed by atoms with van der Waals surface area (Å²) in [5.41, 5.74) is 3.34. The lowest BCUT2D eigenvalue weighted by Crippen LogP contribution is -2.33. The van der Waals surface area contributed by atoms with E-state index in [4.69, 9.17) is 12.2 Å². The van der Waals surface area contributed by atoms with Gasteiger partial charge in [-0.25, -0.2) is 4.39 Å². The molecule has 1 aliphatic heterocycles. The van der Waals surface area contributed by atoms with Gasteiger partial charge in [-0.2, -0.15) is 0 Å². The van der Waals surface area contributed by atoms with Gasteiger partial charge in [0.15, 0.2) is 5.11 Å². The summed E-state index contributed by atoms with van der Waals surface area (Å²) in [5.74, 6) is -0.529. The van der Waals surface area contributed by atoms with E-state index in [0.717, 1.165) is 17.1 Å². The molecule has 1 amide bonds. The van der Waals surface area contributed by atoms with Gasteiger partial charge in [0, 0.05) is 42.9 Å². The van der Waals surface area contributed by atoms with Crippen molar-refractivity contribution in [2.75, 3.05) is 11.9 Å². The maximum atomic E-state index is 13.2. The van der Waals surface area contributed by atoms with Crippen LogP contribution in [0.3, 0.4) is 0 Å². The zero-order valence-corrected chi connectivity index (χ0v) is 19.5. The summed E-state index contributed by atoms with van der Waals surface area (Å²) in [6.45, 7) is 0.394. The number of thiocarbonyl (C=S) groups is 1. The number of hydrogen-bond acceptors (Lipinski definition) is 4. The van der Waals surface area contributed by atoms with Crippen molar-refractivity contribution in [3.05, 3.63) is 109 Å². The smallest absolute Gasteiger partial charge is 0.226 e. The maximum absolute atomic E-state index is 13.2. The topological polar surface area (TPSA) is 75.1 Å². The molecule has 1 fully saturated rings. The third-order valence-electron chi connectivity index (χ3n) is 5.91. The van der Waals surface area contributed by atoms with Crippen molar-refractivity contribution >= 4 is 28.9 Å². The minimum atomic E-state index is -0.350. The highest BCUT2D eigenvalue weighted by molar-refractivity contribution is 7.80. The van der Waals surface area contributed by atoms with Gasteiger partial charge in [0.1, 0.15) is 5.82 Å². The molecule has 0 aliphatic carbocycles. The van der Waals surface area contributed by atoms with Crippen molar-refractivity contribution in [1.82, 2.24) is 24.8 Å². The molecule has 1 aliphatic rings. The van der Waals surface area contributed by atoms with Crippen molar-refractivity contribution in [3.63, 3.8) is 0 Å². The number of amides is 1. The van der Waals surface area contributed by atoms with E-state index in [1.54, 1.807) is 18.6 Å². The number of nitrogens with zero attached hydrogens (tertiary/aromatic N) is 4.